The quantitative estimate of drug-likeness (QED) is 0.176. The van der Waals surface area contributed by atoms with E-state index in [9.17, 15) is 30.0 Å². The molecule has 182 valence electrons. The van der Waals surface area contributed by atoms with Crippen LogP contribution in [0.5, 0.6) is 40.2 Å². The lowest BCUT2D eigenvalue weighted by atomic mass is 9.85. The number of ether oxygens (including phenoxy) is 3. The Morgan fingerprint density at radius 3 is 2.47 bits per heavy atom. The Morgan fingerprint density at radius 2 is 1.69 bits per heavy atom. The molecule has 0 radical (unpaired) electrons. The molecule has 0 amide bonds. The third-order valence-electron chi connectivity index (χ3n) is 6.16. The van der Waals surface area contributed by atoms with E-state index in [0.717, 1.165) is 18.2 Å². The topological polar surface area (TPSA) is 156 Å². The first-order chi connectivity index (χ1) is 17.2. The Labute approximate surface area is 206 Å². The highest BCUT2D eigenvalue weighted by Crippen LogP contribution is 2.50. The SMILES string of the molecule is O=C1C[C@@H](c2cc(Cl)c3c(c2)OCO3)c2c(cc(O)c3c(=O)c(O)c(-c4ccc(O)c(O)c4)oc23)O1. The number of fused-ring (bicyclic) bond motifs is 4. The number of aromatic hydroxyl groups is 4. The third-order valence-corrected chi connectivity index (χ3v) is 6.44. The van der Waals surface area contributed by atoms with E-state index in [1.165, 1.54) is 6.07 Å². The predicted molar refractivity (Wildman–Crippen MR) is 124 cm³/mol. The molecule has 4 N–H and O–H groups in total. The monoisotopic (exact) mass is 510 g/mol. The molecule has 3 heterocycles. The van der Waals surface area contributed by atoms with E-state index in [-0.39, 0.29) is 51.8 Å². The van der Waals surface area contributed by atoms with Crippen molar-refractivity contribution >= 4 is 28.5 Å². The van der Waals surface area contributed by atoms with Crippen LogP contribution >= 0.6 is 11.6 Å². The van der Waals surface area contributed by atoms with Gasteiger partial charge in [-0.1, -0.05) is 11.6 Å². The van der Waals surface area contributed by atoms with Crippen molar-refractivity contribution in [2.75, 3.05) is 6.79 Å². The Kier molecular flexibility index (Phi) is 4.70. The van der Waals surface area contributed by atoms with Gasteiger partial charge in [0.25, 0.3) is 0 Å². The highest BCUT2D eigenvalue weighted by molar-refractivity contribution is 6.32. The smallest absolute Gasteiger partial charge is 0.312 e. The van der Waals surface area contributed by atoms with Crippen LogP contribution in [0.3, 0.4) is 0 Å². The Hall–Kier alpha value is -4.57. The molecule has 2 aliphatic rings. The van der Waals surface area contributed by atoms with Crippen LogP contribution in [0.25, 0.3) is 22.3 Å². The van der Waals surface area contributed by atoms with Gasteiger partial charge < -0.3 is 39.1 Å². The molecule has 6 rings (SSSR count). The fourth-order valence-corrected chi connectivity index (χ4v) is 4.79. The van der Waals surface area contributed by atoms with E-state index in [2.05, 4.69) is 0 Å². The molecule has 0 aliphatic carbocycles. The highest BCUT2D eigenvalue weighted by Gasteiger charge is 2.35. The van der Waals surface area contributed by atoms with Gasteiger partial charge in [-0.05, 0) is 35.9 Å². The largest absolute Gasteiger partial charge is 0.507 e. The number of phenolic OH excluding ortho intramolecular Hbond substituents is 3. The van der Waals surface area contributed by atoms with Crippen LogP contribution in [-0.2, 0) is 4.79 Å². The van der Waals surface area contributed by atoms with Crippen LogP contribution in [0.15, 0.2) is 45.6 Å². The van der Waals surface area contributed by atoms with Gasteiger partial charge >= 0.3 is 5.97 Å². The average Bonchev–Trinajstić information content (AvgIpc) is 3.31. The number of halogens is 1. The molecule has 2 aliphatic heterocycles. The lowest BCUT2D eigenvalue weighted by Crippen LogP contribution is -2.22. The van der Waals surface area contributed by atoms with Gasteiger partial charge in [0.05, 0.1) is 11.4 Å². The molecule has 10 nitrogen and oxygen atoms in total. The molecule has 0 saturated heterocycles. The summed E-state index contributed by atoms with van der Waals surface area (Å²) >= 11 is 6.37. The van der Waals surface area contributed by atoms with E-state index in [1.807, 2.05) is 0 Å². The van der Waals surface area contributed by atoms with Crippen molar-refractivity contribution in [3.8, 4) is 51.6 Å². The summed E-state index contributed by atoms with van der Waals surface area (Å²) in [5, 5.41) is 40.7. The van der Waals surface area contributed by atoms with Crippen molar-refractivity contribution in [2.45, 2.75) is 12.3 Å². The first-order valence-electron chi connectivity index (χ1n) is 10.6. The fraction of sp³-hybridized carbons (Fsp3) is 0.120. The van der Waals surface area contributed by atoms with Crippen molar-refractivity contribution in [3.05, 3.63) is 62.8 Å². The van der Waals surface area contributed by atoms with Gasteiger partial charge in [0.1, 0.15) is 22.5 Å². The maximum atomic E-state index is 13.1. The van der Waals surface area contributed by atoms with E-state index >= 15 is 0 Å². The van der Waals surface area contributed by atoms with Gasteiger partial charge in [-0.2, -0.15) is 0 Å². The molecule has 1 aromatic heterocycles. The fourth-order valence-electron chi connectivity index (χ4n) is 4.52. The van der Waals surface area contributed by atoms with Gasteiger partial charge in [-0.25, -0.2) is 0 Å². The maximum Gasteiger partial charge on any atom is 0.312 e. The number of hydrogen-bond donors (Lipinski definition) is 4. The van der Waals surface area contributed by atoms with Crippen LogP contribution in [-0.4, -0.2) is 33.2 Å². The minimum Gasteiger partial charge on any atom is -0.507 e. The second-order valence-electron chi connectivity index (χ2n) is 8.29. The van der Waals surface area contributed by atoms with Crippen LogP contribution in [0.2, 0.25) is 5.02 Å². The van der Waals surface area contributed by atoms with E-state index in [0.29, 0.717) is 17.1 Å². The number of esters is 1. The van der Waals surface area contributed by atoms with Crippen LogP contribution in [0, 0.1) is 0 Å². The van der Waals surface area contributed by atoms with Crippen molar-refractivity contribution < 1.29 is 43.8 Å². The second-order valence-corrected chi connectivity index (χ2v) is 8.70. The standard InChI is InChI=1S/C25H15ClO10/c26-12-3-10(5-17-24(12)34-8-33-17)11-6-18(30)35-16-7-15(29)20-21(31)22(32)23(36-25(20)19(11)16)9-1-2-13(27)14(28)4-9/h1-5,7,11,27-29,32H,6,8H2/t11-/m0/s1. The normalized spacial score (nSPS) is 16.1. The highest BCUT2D eigenvalue weighted by atomic mass is 35.5. The number of phenols is 3. The van der Waals surface area contributed by atoms with E-state index in [4.69, 9.17) is 30.2 Å². The summed E-state index contributed by atoms with van der Waals surface area (Å²) in [5.74, 6) is -3.25. The molecule has 0 unspecified atom stereocenters. The summed E-state index contributed by atoms with van der Waals surface area (Å²) in [7, 11) is 0. The number of benzene rings is 3. The van der Waals surface area contributed by atoms with Crippen molar-refractivity contribution in [1.29, 1.82) is 0 Å². The molecule has 0 fully saturated rings. The first kappa shape index (κ1) is 21.9. The predicted octanol–water partition coefficient (Wildman–Crippen LogP) is 4.11. The molecule has 0 bridgehead atoms. The lowest BCUT2D eigenvalue weighted by Gasteiger charge is -2.26. The Morgan fingerprint density at radius 1 is 0.889 bits per heavy atom. The molecule has 3 aromatic carbocycles. The molecular formula is C25H15ClO10. The van der Waals surface area contributed by atoms with Crippen molar-refractivity contribution in [3.63, 3.8) is 0 Å². The van der Waals surface area contributed by atoms with E-state index < -0.39 is 40.3 Å². The van der Waals surface area contributed by atoms with E-state index in [1.54, 1.807) is 12.1 Å². The molecule has 0 spiro atoms. The Balaban J connectivity index is 1.66. The summed E-state index contributed by atoms with van der Waals surface area (Å²) in [6, 6.07) is 7.94. The molecular weight excluding hydrogens is 496 g/mol. The second kappa shape index (κ2) is 7.72. The number of rotatable bonds is 2. The number of hydrogen-bond acceptors (Lipinski definition) is 10. The zero-order valence-corrected chi connectivity index (χ0v) is 18.8. The molecule has 4 aromatic rings. The van der Waals surface area contributed by atoms with Gasteiger partial charge in [-0.3, -0.25) is 9.59 Å². The van der Waals surface area contributed by atoms with Gasteiger partial charge in [0, 0.05) is 23.1 Å². The third kappa shape index (κ3) is 3.18. The number of carbonyl (C=O) groups is 1. The zero-order chi connectivity index (χ0) is 25.3. The van der Waals surface area contributed by atoms with Crippen LogP contribution in [0.4, 0.5) is 0 Å². The van der Waals surface area contributed by atoms with Crippen LogP contribution in [0.1, 0.15) is 23.5 Å². The van der Waals surface area contributed by atoms with Crippen molar-refractivity contribution in [2.24, 2.45) is 0 Å². The van der Waals surface area contributed by atoms with Gasteiger partial charge in [0.15, 0.2) is 28.8 Å². The Bertz CT molecular complexity index is 1670. The lowest BCUT2D eigenvalue weighted by molar-refractivity contribution is -0.135. The summed E-state index contributed by atoms with van der Waals surface area (Å²) in [6.45, 7) is -0.0183. The summed E-state index contributed by atoms with van der Waals surface area (Å²) in [5.41, 5.74) is -0.207. The van der Waals surface area contributed by atoms with Gasteiger partial charge in [0.2, 0.25) is 18.0 Å². The van der Waals surface area contributed by atoms with Gasteiger partial charge in [-0.15, -0.1) is 0 Å². The summed E-state index contributed by atoms with van der Waals surface area (Å²) in [6.07, 6.45) is -0.150. The zero-order valence-electron chi connectivity index (χ0n) is 18.1. The molecule has 11 heteroatoms. The maximum absolute atomic E-state index is 13.1. The average molecular weight is 511 g/mol. The van der Waals surface area contributed by atoms with Crippen molar-refractivity contribution in [1.82, 2.24) is 0 Å². The summed E-state index contributed by atoms with van der Waals surface area (Å²) < 4.78 is 22.1. The summed E-state index contributed by atoms with van der Waals surface area (Å²) in [4.78, 5) is 25.6. The minimum atomic E-state index is -0.946. The number of carbonyl (C=O) groups excluding carboxylic acids is 1. The molecule has 36 heavy (non-hydrogen) atoms. The molecule has 1 atom stereocenters. The first-order valence-corrected chi connectivity index (χ1v) is 11.0. The molecule has 0 saturated carbocycles. The minimum absolute atomic E-state index is 0.0183. The van der Waals surface area contributed by atoms with Crippen LogP contribution < -0.4 is 19.6 Å².